The quantitative estimate of drug-likeness (QED) is 0.224. The molecule has 4 aromatic rings. The molecule has 3 aliphatic rings. The molecule has 4 heterocycles. The number of hydrogen-bond donors (Lipinski definition) is 4. The third kappa shape index (κ3) is 9.11. The Morgan fingerprint density at radius 3 is 2.13 bits per heavy atom. The number of hydrogen-bond acceptors (Lipinski definition) is 9. The van der Waals surface area contributed by atoms with E-state index in [2.05, 4.69) is 26.4 Å². The number of benzene rings is 3. The van der Waals surface area contributed by atoms with E-state index in [1.165, 1.54) is 6.92 Å². The number of likely N-dealkylation sites (tertiary alicyclic amines) is 1. The van der Waals surface area contributed by atoms with Crippen LogP contribution in [0.3, 0.4) is 0 Å². The molecular formula is C40H45N7O8. The lowest BCUT2D eigenvalue weighted by Gasteiger charge is -2.41. The average molecular weight is 752 g/mol. The van der Waals surface area contributed by atoms with Gasteiger partial charge in [-0.2, -0.15) is 5.10 Å². The molecular weight excluding hydrogens is 706 g/mol. The number of rotatable bonds is 4. The Labute approximate surface area is 317 Å². The van der Waals surface area contributed by atoms with Gasteiger partial charge in [0.1, 0.15) is 42.8 Å². The van der Waals surface area contributed by atoms with Crippen LogP contribution in [0.2, 0.25) is 0 Å². The fraction of sp³-hybridized carbons (Fsp3) is 0.375. The van der Waals surface area contributed by atoms with Crippen LogP contribution in [-0.4, -0.2) is 94.2 Å². The summed E-state index contributed by atoms with van der Waals surface area (Å²) < 4.78 is 13.4. The van der Waals surface area contributed by atoms with Gasteiger partial charge in [0, 0.05) is 37.7 Å². The van der Waals surface area contributed by atoms with Crippen LogP contribution in [0, 0.1) is 6.92 Å². The number of carbonyl (C=O) groups is 5. The summed E-state index contributed by atoms with van der Waals surface area (Å²) in [6.07, 6.45) is 0.286. The average Bonchev–Trinajstić information content (AvgIpc) is 3.18. The molecule has 2 bridgehead atoms. The van der Waals surface area contributed by atoms with E-state index in [9.17, 15) is 28.8 Å². The maximum Gasteiger partial charge on any atom is 0.275 e. The molecule has 1 aromatic heterocycles. The van der Waals surface area contributed by atoms with E-state index in [0.717, 1.165) is 15.6 Å². The van der Waals surface area contributed by atoms with Crippen molar-refractivity contribution in [2.75, 3.05) is 26.2 Å². The van der Waals surface area contributed by atoms with Crippen molar-refractivity contribution < 1.29 is 33.4 Å². The first-order valence-corrected chi connectivity index (χ1v) is 18.3. The van der Waals surface area contributed by atoms with E-state index in [0.29, 0.717) is 22.6 Å². The van der Waals surface area contributed by atoms with Gasteiger partial charge in [0.2, 0.25) is 23.6 Å². The fourth-order valence-electron chi connectivity index (χ4n) is 6.69. The van der Waals surface area contributed by atoms with Crippen molar-refractivity contribution in [3.05, 3.63) is 100 Å². The van der Waals surface area contributed by atoms with E-state index in [-0.39, 0.29) is 63.5 Å². The van der Waals surface area contributed by atoms with Gasteiger partial charge in [0.15, 0.2) is 5.60 Å². The molecule has 3 aromatic carbocycles. The van der Waals surface area contributed by atoms with Gasteiger partial charge in [-0.15, -0.1) is 0 Å². The van der Waals surface area contributed by atoms with E-state index in [1.807, 2.05) is 42.5 Å². The highest BCUT2D eigenvalue weighted by Gasteiger charge is 2.46. The van der Waals surface area contributed by atoms with Gasteiger partial charge >= 0.3 is 0 Å². The van der Waals surface area contributed by atoms with Crippen molar-refractivity contribution in [1.29, 1.82) is 0 Å². The summed E-state index contributed by atoms with van der Waals surface area (Å²) in [5, 5.41) is 16.5. The Balaban J connectivity index is 1.22. The maximum absolute atomic E-state index is 14.2. The summed E-state index contributed by atoms with van der Waals surface area (Å²) in [6.45, 7) is 5.12. The highest BCUT2D eigenvalue weighted by atomic mass is 16.5. The number of aromatic nitrogens is 2. The molecule has 15 heteroatoms. The Hall–Kier alpha value is -6.25. The minimum Gasteiger partial charge on any atom is -0.492 e. The lowest BCUT2D eigenvalue weighted by Crippen LogP contribution is -2.62. The topological polar surface area (TPSA) is 190 Å². The number of nitrogens with zero attached hydrogens (tertiary/aromatic N) is 3. The second-order valence-corrected chi connectivity index (χ2v) is 13.9. The van der Waals surface area contributed by atoms with Crippen molar-refractivity contribution in [3.63, 3.8) is 0 Å². The molecule has 1 fully saturated rings. The van der Waals surface area contributed by atoms with Crippen LogP contribution in [0.15, 0.2) is 83.7 Å². The number of carbonyl (C=O) groups excluding carboxylic acids is 5. The van der Waals surface area contributed by atoms with E-state index < -0.39 is 47.4 Å². The van der Waals surface area contributed by atoms with Crippen molar-refractivity contribution in [2.24, 2.45) is 0 Å². The zero-order valence-electron chi connectivity index (χ0n) is 31.0. The number of nitrogens with one attached hydrogen (secondary N) is 4. The summed E-state index contributed by atoms with van der Waals surface area (Å²) in [5.74, 6) is -1.67. The molecule has 3 aliphatic heterocycles. The predicted molar refractivity (Wildman–Crippen MR) is 202 cm³/mol. The molecule has 288 valence electrons. The zero-order valence-corrected chi connectivity index (χ0v) is 31.0. The van der Waals surface area contributed by atoms with Crippen LogP contribution in [0.4, 0.5) is 0 Å². The smallest absolute Gasteiger partial charge is 0.275 e. The molecule has 7 rings (SSSR count). The van der Waals surface area contributed by atoms with Crippen LogP contribution in [0.25, 0.3) is 10.8 Å². The largest absolute Gasteiger partial charge is 0.492 e. The molecule has 0 unspecified atom stereocenters. The monoisotopic (exact) mass is 751 g/mol. The number of ether oxygens (including phenoxy) is 2. The van der Waals surface area contributed by atoms with Crippen LogP contribution < -0.4 is 36.3 Å². The second kappa shape index (κ2) is 16.8. The summed E-state index contributed by atoms with van der Waals surface area (Å²) in [5.41, 5.74) is -0.455. The number of aryl methyl sites for hydroxylation is 1. The normalized spacial score (nSPS) is 21.1. The molecule has 3 atom stereocenters. The number of fused-ring (bicyclic) bond motifs is 16. The van der Waals surface area contributed by atoms with E-state index in [4.69, 9.17) is 9.47 Å². The summed E-state index contributed by atoms with van der Waals surface area (Å²) >= 11 is 0. The Kier molecular flexibility index (Phi) is 11.8. The minimum atomic E-state index is -1.48. The number of amides is 5. The lowest BCUT2D eigenvalue weighted by atomic mass is 9.89. The molecule has 4 N–H and O–H groups in total. The second-order valence-electron chi connectivity index (χ2n) is 13.9. The standard InChI is InChI=1S/C40H45N7O8/c1-25-31-11-7-8-12-32(31)38(52)47(45-25)24-34(48)46-20-17-40(18-21-46)39(53)43-27(3)36(50)44-33(23-28-9-5-4-6-10-28)37(51)42-26(2)35(49)41-19-22-54-29-13-15-30(55-40)16-14-29/h4-16,26-27,33H,17-24H2,1-3H3,(H,41,49)(H,42,51)(H,43,53)(H,44,50)/t26-,27-,33-/m0/s1. The van der Waals surface area contributed by atoms with E-state index >= 15 is 0 Å². The van der Waals surface area contributed by atoms with Crippen molar-refractivity contribution in [3.8, 4) is 11.5 Å². The van der Waals surface area contributed by atoms with Crippen molar-refractivity contribution in [1.82, 2.24) is 35.9 Å². The molecule has 55 heavy (non-hydrogen) atoms. The Bertz CT molecular complexity index is 2110. The van der Waals surface area contributed by atoms with Crippen LogP contribution in [0.5, 0.6) is 11.5 Å². The van der Waals surface area contributed by atoms with Gasteiger partial charge in [0.05, 0.1) is 17.6 Å². The Morgan fingerprint density at radius 2 is 1.42 bits per heavy atom. The van der Waals surface area contributed by atoms with Crippen LogP contribution in [-0.2, 0) is 36.9 Å². The van der Waals surface area contributed by atoms with Gasteiger partial charge < -0.3 is 35.6 Å². The molecule has 5 amide bonds. The molecule has 0 radical (unpaired) electrons. The minimum absolute atomic E-state index is 0.0763. The van der Waals surface area contributed by atoms with Gasteiger partial charge in [-0.1, -0.05) is 48.5 Å². The zero-order chi connectivity index (χ0) is 39.1. The van der Waals surface area contributed by atoms with Gasteiger partial charge in [-0.05, 0) is 56.7 Å². The van der Waals surface area contributed by atoms with Crippen LogP contribution in [0.1, 0.15) is 37.9 Å². The highest BCUT2D eigenvalue weighted by Crippen LogP contribution is 2.31. The molecule has 1 spiro atoms. The molecule has 0 aliphatic carbocycles. The van der Waals surface area contributed by atoms with Gasteiger partial charge in [0.25, 0.3) is 11.5 Å². The third-order valence-corrected chi connectivity index (χ3v) is 9.89. The molecule has 0 saturated carbocycles. The third-order valence-electron chi connectivity index (χ3n) is 9.89. The summed E-state index contributed by atoms with van der Waals surface area (Å²) in [7, 11) is 0. The Morgan fingerprint density at radius 1 is 0.782 bits per heavy atom. The SMILES string of the molecule is Cc1nn(CC(=O)N2CCC3(CC2)Oc2ccc(cc2)OCCNC(=O)[C@H](C)NC(=O)[C@H](Cc2ccccc2)NC(=O)[C@H](C)NC3=O)c(=O)c2ccccc12. The molecule has 15 nitrogen and oxygen atoms in total. The van der Waals surface area contributed by atoms with Crippen molar-refractivity contribution in [2.45, 2.75) is 70.3 Å². The lowest BCUT2D eigenvalue weighted by molar-refractivity contribution is -0.148. The van der Waals surface area contributed by atoms with Gasteiger partial charge in [-0.25, -0.2) is 4.68 Å². The van der Waals surface area contributed by atoms with Gasteiger partial charge in [-0.3, -0.25) is 28.8 Å². The van der Waals surface area contributed by atoms with Crippen LogP contribution >= 0.6 is 0 Å². The highest BCUT2D eigenvalue weighted by molar-refractivity contribution is 5.95. The summed E-state index contributed by atoms with van der Waals surface area (Å²) in [4.78, 5) is 82.3. The summed E-state index contributed by atoms with van der Waals surface area (Å²) in [6, 6.07) is 19.8. The first-order valence-electron chi connectivity index (χ1n) is 18.3. The number of piperidine rings is 1. The van der Waals surface area contributed by atoms with E-state index in [1.54, 1.807) is 55.1 Å². The first kappa shape index (κ1) is 38.5. The molecule has 1 saturated heterocycles. The first-order chi connectivity index (χ1) is 26.4. The predicted octanol–water partition coefficient (Wildman–Crippen LogP) is 1.39. The maximum atomic E-state index is 14.2. The van der Waals surface area contributed by atoms with Crippen molar-refractivity contribution >= 4 is 40.3 Å². The fourth-order valence-corrected chi connectivity index (χ4v) is 6.69.